The fourth-order valence-electron chi connectivity index (χ4n) is 5.87. The van der Waals surface area contributed by atoms with Crippen LogP contribution in [0.25, 0.3) is 0 Å². The molecular weight excluding hydrogens is 472 g/mol. The van der Waals surface area contributed by atoms with Crippen LogP contribution in [0.3, 0.4) is 0 Å². The van der Waals surface area contributed by atoms with Gasteiger partial charge >= 0.3 is 0 Å². The summed E-state index contributed by atoms with van der Waals surface area (Å²) in [6.07, 6.45) is 41.7. The molecule has 0 aliphatic heterocycles. The van der Waals surface area contributed by atoms with E-state index in [0.717, 1.165) is 18.7 Å². The lowest BCUT2D eigenvalue weighted by atomic mass is 10.0. The van der Waals surface area contributed by atoms with Crippen molar-refractivity contribution in [2.45, 2.75) is 206 Å². The molecule has 1 aromatic rings. The molecule has 1 radical (unpaired) electrons. The van der Waals surface area contributed by atoms with Gasteiger partial charge < -0.3 is 0 Å². The summed E-state index contributed by atoms with van der Waals surface area (Å²) in [5.41, 5.74) is 2.43. The van der Waals surface area contributed by atoms with Crippen LogP contribution in [0.2, 0.25) is 0 Å². The Hall–Kier alpha value is -0.920. The quantitative estimate of drug-likeness (QED) is 0.0905. The summed E-state index contributed by atoms with van der Waals surface area (Å²) in [6, 6.07) is 2.26. The highest BCUT2D eigenvalue weighted by Crippen LogP contribution is 2.16. The molecule has 1 heterocycles. The van der Waals surface area contributed by atoms with E-state index in [4.69, 9.17) is 0 Å². The molecule has 2 heteroatoms. The summed E-state index contributed by atoms with van der Waals surface area (Å²) in [7, 11) is 0. The van der Waals surface area contributed by atoms with E-state index in [-0.39, 0.29) is 0 Å². The van der Waals surface area contributed by atoms with Crippen molar-refractivity contribution in [3.8, 4) is 0 Å². The molecule has 0 aliphatic carbocycles. The van der Waals surface area contributed by atoms with Gasteiger partial charge in [-0.25, -0.2) is 9.97 Å². The van der Waals surface area contributed by atoms with Crippen LogP contribution in [-0.2, 0) is 12.8 Å². The molecular formula is C37H69N2. The molecule has 39 heavy (non-hydrogen) atoms. The molecule has 0 aromatic carbocycles. The van der Waals surface area contributed by atoms with Gasteiger partial charge in [0.05, 0.1) is 0 Å². The average Bonchev–Trinajstić information content (AvgIpc) is 2.93. The number of hydrogen-bond donors (Lipinski definition) is 0. The molecule has 0 N–H and O–H groups in total. The maximum absolute atomic E-state index is 4.63. The molecule has 0 atom stereocenters. The van der Waals surface area contributed by atoms with Crippen molar-refractivity contribution in [3.05, 3.63) is 30.2 Å². The summed E-state index contributed by atoms with van der Waals surface area (Å²) in [4.78, 5) is 9.26. The molecule has 0 saturated heterocycles. The first-order valence-corrected chi connectivity index (χ1v) is 17.9. The molecule has 0 unspecified atom stereocenters. The van der Waals surface area contributed by atoms with Crippen molar-refractivity contribution in [2.75, 3.05) is 0 Å². The van der Waals surface area contributed by atoms with Crippen LogP contribution in [0.4, 0.5) is 0 Å². The van der Waals surface area contributed by atoms with E-state index in [1.165, 1.54) is 191 Å². The standard InChI is InChI=1S/C37H69N2/c1-4-6-8-10-12-14-16-18-20-22-24-26-28-30-32-36-34-37(39-35(3)38-36)33-31-29-27-25-23-21-19-17-15-13-11-9-7-5-2/h34H,3-33H2,1-2H3. The summed E-state index contributed by atoms with van der Waals surface area (Å²) >= 11 is 0. The molecule has 0 amide bonds. The molecule has 0 saturated carbocycles. The second-order valence-corrected chi connectivity index (χ2v) is 12.5. The van der Waals surface area contributed by atoms with Crippen molar-refractivity contribution in [1.82, 2.24) is 9.97 Å². The molecule has 0 fully saturated rings. The van der Waals surface area contributed by atoms with Gasteiger partial charge in [0.1, 0.15) is 5.82 Å². The van der Waals surface area contributed by atoms with Gasteiger partial charge in [-0.15, -0.1) is 0 Å². The first kappa shape index (κ1) is 36.1. The molecule has 0 bridgehead atoms. The molecule has 2 nitrogen and oxygen atoms in total. The highest BCUT2D eigenvalue weighted by atomic mass is 14.9. The van der Waals surface area contributed by atoms with Gasteiger partial charge in [0.2, 0.25) is 0 Å². The van der Waals surface area contributed by atoms with Crippen LogP contribution >= 0.6 is 0 Å². The van der Waals surface area contributed by atoms with Crippen molar-refractivity contribution < 1.29 is 0 Å². The van der Waals surface area contributed by atoms with E-state index >= 15 is 0 Å². The predicted octanol–water partition coefficient (Wildman–Crippen LogP) is 12.7. The normalized spacial score (nSPS) is 11.5. The Kier molecular flexibility index (Phi) is 26.5. The molecule has 1 aromatic heterocycles. The molecule has 1 rings (SSSR count). The summed E-state index contributed by atoms with van der Waals surface area (Å²) in [5, 5.41) is 0. The van der Waals surface area contributed by atoms with Gasteiger partial charge in [-0.2, -0.15) is 0 Å². The molecule has 227 valence electrons. The Bertz CT molecular complexity index is 576. The van der Waals surface area contributed by atoms with Crippen molar-refractivity contribution in [1.29, 1.82) is 0 Å². The number of rotatable bonds is 30. The number of unbranched alkanes of at least 4 members (excludes halogenated alkanes) is 26. The van der Waals surface area contributed by atoms with Gasteiger partial charge in [0, 0.05) is 18.3 Å². The maximum Gasteiger partial charge on any atom is 0.129 e. The summed E-state index contributed by atoms with van der Waals surface area (Å²) in [5.74, 6) is 0.721. The lowest BCUT2D eigenvalue weighted by Gasteiger charge is -2.07. The number of aromatic nitrogens is 2. The van der Waals surface area contributed by atoms with Crippen LogP contribution in [-0.4, -0.2) is 9.97 Å². The lowest BCUT2D eigenvalue weighted by Crippen LogP contribution is -2.01. The fraction of sp³-hybridized carbons (Fsp3) is 0.865. The second kappa shape index (κ2) is 28.6. The molecule has 0 aliphatic rings. The SMILES string of the molecule is [CH2]c1nc(CCCCCCCCCCCCCCCC)cc(CCCCCCCCCCCCCCCC)n1. The third kappa shape index (κ3) is 24.6. The zero-order valence-corrected chi connectivity index (χ0v) is 26.9. The first-order valence-electron chi connectivity index (χ1n) is 17.9. The Morgan fingerprint density at radius 2 is 0.615 bits per heavy atom. The van der Waals surface area contributed by atoms with Crippen LogP contribution in [0, 0.1) is 6.92 Å². The topological polar surface area (TPSA) is 25.8 Å². The Labute approximate surface area is 246 Å². The highest BCUT2D eigenvalue weighted by Gasteiger charge is 2.03. The Morgan fingerprint density at radius 1 is 0.385 bits per heavy atom. The van der Waals surface area contributed by atoms with Crippen molar-refractivity contribution in [2.24, 2.45) is 0 Å². The van der Waals surface area contributed by atoms with Gasteiger partial charge in [-0.3, -0.25) is 0 Å². The Morgan fingerprint density at radius 3 is 0.872 bits per heavy atom. The highest BCUT2D eigenvalue weighted by molar-refractivity contribution is 5.13. The molecule has 0 spiro atoms. The first-order chi connectivity index (χ1) is 19.3. The largest absolute Gasteiger partial charge is 0.238 e. The average molecular weight is 542 g/mol. The van der Waals surface area contributed by atoms with E-state index in [9.17, 15) is 0 Å². The number of nitrogens with zero attached hydrogens (tertiary/aromatic N) is 2. The van der Waals surface area contributed by atoms with E-state index < -0.39 is 0 Å². The fourth-order valence-corrected chi connectivity index (χ4v) is 5.87. The predicted molar refractivity (Wildman–Crippen MR) is 175 cm³/mol. The van der Waals surface area contributed by atoms with Crippen molar-refractivity contribution in [3.63, 3.8) is 0 Å². The van der Waals surface area contributed by atoms with Crippen molar-refractivity contribution >= 4 is 0 Å². The van der Waals surface area contributed by atoms with Gasteiger partial charge in [-0.05, 0) is 31.7 Å². The maximum atomic E-state index is 4.63. The number of aryl methyl sites for hydroxylation is 2. The zero-order chi connectivity index (χ0) is 28.1. The third-order valence-corrected chi connectivity index (χ3v) is 8.45. The van der Waals surface area contributed by atoms with Gasteiger partial charge in [0.25, 0.3) is 0 Å². The minimum atomic E-state index is 0.721. The smallest absolute Gasteiger partial charge is 0.129 e. The minimum absolute atomic E-state index is 0.721. The summed E-state index contributed by atoms with van der Waals surface area (Å²) < 4.78 is 0. The van der Waals surface area contributed by atoms with Crippen LogP contribution in [0.1, 0.15) is 211 Å². The Balaban J connectivity index is 1.95. The minimum Gasteiger partial charge on any atom is -0.238 e. The van der Waals surface area contributed by atoms with Crippen LogP contribution < -0.4 is 0 Å². The van der Waals surface area contributed by atoms with Crippen LogP contribution in [0.15, 0.2) is 6.07 Å². The third-order valence-electron chi connectivity index (χ3n) is 8.45. The van der Waals surface area contributed by atoms with E-state index in [0.29, 0.717) is 0 Å². The number of hydrogen-bond acceptors (Lipinski definition) is 2. The van der Waals surface area contributed by atoms with Gasteiger partial charge in [-0.1, -0.05) is 181 Å². The van der Waals surface area contributed by atoms with E-state index in [2.05, 4.69) is 36.8 Å². The second-order valence-electron chi connectivity index (χ2n) is 12.5. The lowest BCUT2D eigenvalue weighted by molar-refractivity contribution is 0.534. The van der Waals surface area contributed by atoms with Gasteiger partial charge in [0.15, 0.2) is 0 Å². The zero-order valence-electron chi connectivity index (χ0n) is 26.9. The summed E-state index contributed by atoms with van der Waals surface area (Å²) in [6.45, 7) is 8.65. The van der Waals surface area contributed by atoms with Crippen LogP contribution in [0.5, 0.6) is 0 Å². The monoisotopic (exact) mass is 542 g/mol. The van der Waals surface area contributed by atoms with E-state index in [1.807, 2.05) is 0 Å². The van der Waals surface area contributed by atoms with E-state index in [1.54, 1.807) is 0 Å².